The summed E-state index contributed by atoms with van der Waals surface area (Å²) < 4.78 is 18.7. The second-order valence-corrected chi connectivity index (χ2v) is 3.18. The van der Waals surface area contributed by atoms with Crippen molar-refractivity contribution in [3.63, 3.8) is 0 Å². The Morgan fingerprint density at radius 1 is 1.44 bits per heavy atom. The number of hydrogen-bond acceptors (Lipinski definition) is 4. The standard InChI is InChI=1S/C10H10FN3O2/c1-16-9-7(15)3-2-5(8(9)11)6-4-13-14-10(6)12/h2-4,15H,1H3,(H3,12,13,14). The molecule has 1 aromatic carbocycles. The minimum atomic E-state index is -0.671. The van der Waals surface area contributed by atoms with Crippen LogP contribution >= 0.6 is 0 Å². The van der Waals surface area contributed by atoms with Crippen molar-refractivity contribution in [2.75, 3.05) is 12.8 Å². The number of nitrogen functional groups attached to an aromatic ring is 1. The van der Waals surface area contributed by atoms with E-state index >= 15 is 0 Å². The summed E-state index contributed by atoms with van der Waals surface area (Å²) in [5.74, 6) is -0.883. The molecule has 16 heavy (non-hydrogen) atoms. The Morgan fingerprint density at radius 2 is 2.19 bits per heavy atom. The molecule has 0 spiro atoms. The maximum atomic E-state index is 13.9. The predicted molar refractivity (Wildman–Crippen MR) is 56.6 cm³/mol. The SMILES string of the molecule is COc1c(O)ccc(-c2cn[nH]c2N)c1F. The van der Waals surface area contributed by atoms with Crippen molar-refractivity contribution in [1.82, 2.24) is 10.2 Å². The number of nitrogens with two attached hydrogens (primary N) is 1. The van der Waals surface area contributed by atoms with Crippen molar-refractivity contribution in [3.05, 3.63) is 24.1 Å². The van der Waals surface area contributed by atoms with Crippen LogP contribution in [0.15, 0.2) is 18.3 Å². The number of rotatable bonds is 2. The summed E-state index contributed by atoms with van der Waals surface area (Å²) in [4.78, 5) is 0. The number of aromatic amines is 1. The van der Waals surface area contributed by atoms with Crippen LogP contribution in [0, 0.1) is 5.82 Å². The number of phenolic OH excluding ortho intramolecular Hbond substituents is 1. The van der Waals surface area contributed by atoms with Gasteiger partial charge in [0.25, 0.3) is 0 Å². The fourth-order valence-electron chi connectivity index (χ4n) is 1.46. The van der Waals surface area contributed by atoms with Gasteiger partial charge in [-0.2, -0.15) is 5.10 Å². The van der Waals surface area contributed by atoms with Crippen molar-refractivity contribution in [3.8, 4) is 22.6 Å². The Labute approximate surface area is 90.7 Å². The highest BCUT2D eigenvalue weighted by Crippen LogP contribution is 2.36. The smallest absolute Gasteiger partial charge is 0.197 e. The molecule has 1 aromatic heterocycles. The van der Waals surface area contributed by atoms with Gasteiger partial charge >= 0.3 is 0 Å². The second-order valence-electron chi connectivity index (χ2n) is 3.18. The summed E-state index contributed by atoms with van der Waals surface area (Å²) in [7, 11) is 1.28. The fourth-order valence-corrected chi connectivity index (χ4v) is 1.46. The van der Waals surface area contributed by atoms with Gasteiger partial charge in [0.2, 0.25) is 0 Å². The normalized spacial score (nSPS) is 10.4. The maximum absolute atomic E-state index is 13.9. The van der Waals surface area contributed by atoms with E-state index < -0.39 is 5.82 Å². The molecule has 0 radical (unpaired) electrons. The van der Waals surface area contributed by atoms with E-state index in [0.29, 0.717) is 5.56 Å². The van der Waals surface area contributed by atoms with Crippen LogP contribution in [0.3, 0.4) is 0 Å². The largest absolute Gasteiger partial charge is 0.504 e. The molecule has 84 valence electrons. The lowest BCUT2D eigenvalue weighted by atomic mass is 10.1. The van der Waals surface area contributed by atoms with Crippen LogP contribution in [-0.4, -0.2) is 22.4 Å². The predicted octanol–water partition coefficient (Wildman–Crippen LogP) is 1.51. The van der Waals surface area contributed by atoms with E-state index in [1.807, 2.05) is 0 Å². The molecule has 0 aliphatic heterocycles. The number of nitrogens with zero attached hydrogens (tertiary/aromatic N) is 1. The lowest BCUT2D eigenvalue weighted by Gasteiger charge is -2.08. The topological polar surface area (TPSA) is 84.2 Å². The third kappa shape index (κ3) is 1.44. The molecule has 0 bridgehead atoms. The first-order chi connectivity index (χ1) is 7.65. The number of H-pyrrole nitrogens is 1. The number of methoxy groups -OCH3 is 1. The van der Waals surface area contributed by atoms with E-state index in [0.717, 1.165) is 0 Å². The molecular formula is C10H10FN3O2. The summed E-state index contributed by atoms with van der Waals surface area (Å²) in [6, 6.07) is 2.75. The first-order valence-electron chi connectivity index (χ1n) is 4.49. The third-order valence-corrected chi connectivity index (χ3v) is 2.24. The molecule has 0 saturated heterocycles. The summed E-state index contributed by atoms with van der Waals surface area (Å²) in [5, 5.41) is 15.6. The van der Waals surface area contributed by atoms with Gasteiger partial charge in [-0.25, -0.2) is 4.39 Å². The van der Waals surface area contributed by atoms with Gasteiger partial charge in [-0.1, -0.05) is 0 Å². The zero-order chi connectivity index (χ0) is 11.7. The summed E-state index contributed by atoms with van der Waals surface area (Å²) in [6.45, 7) is 0. The van der Waals surface area contributed by atoms with Crippen LogP contribution in [0.4, 0.5) is 10.2 Å². The van der Waals surface area contributed by atoms with E-state index in [4.69, 9.17) is 10.5 Å². The van der Waals surface area contributed by atoms with Crippen molar-refractivity contribution >= 4 is 5.82 Å². The molecule has 5 nitrogen and oxygen atoms in total. The second kappa shape index (κ2) is 3.73. The third-order valence-electron chi connectivity index (χ3n) is 2.24. The van der Waals surface area contributed by atoms with Gasteiger partial charge in [-0.15, -0.1) is 0 Å². The number of aromatic hydroxyl groups is 1. The molecule has 0 atom stereocenters. The Hall–Kier alpha value is -2.24. The first kappa shape index (κ1) is 10.3. The van der Waals surface area contributed by atoms with Gasteiger partial charge in [-0.3, -0.25) is 5.10 Å². The fraction of sp³-hybridized carbons (Fsp3) is 0.100. The number of halogens is 1. The quantitative estimate of drug-likeness (QED) is 0.720. The van der Waals surface area contributed by atoms with Crippen LogP contribution in [-0.2, 0) is 0 Å². The zero-order valence-electron chi connectivity index (χ0n) is 8.49. The molecule has 1 heterocycles. The lowest BCUT2D eigenvalue weighted by molar-refractivity contribution is 0.352. The molecule has 0 amide bonds. The van der Waals surface area contributed by atoms with Crippen LogP contribution < -0.4 is 10.5 Å². The molecule has 0 fully saturated rings. The number of nitrogens with one attached hydrogen (secondary N) is 1. The number of phenols is 1. The van der Waals surface area contributed by atoms with Crippen molar-refractivity contribution in [2.24, 2.45) is 0 Å². The van der Waals surface area contributed by atoms with Crippen molar-refractivity contribution in [1.29, 1.82) is 0 Å². The van der Waals surface area contributed by atoms with E-state index in [1.54, 1.807) is 0 Å². The first-order valence-corrected chi connectivity index (χ1v) is 4.49. The van der Waals surface area contributed by atoms with Gasteiger partial charge < -0.3 is 15.6 Å². The zero-order valence-corrected chi connectivity index (χ0v) is 8.49. The van der Waals surface area contributed by atoms with E-state index in [2.05, 4.69) is 10.2 Å². The van der Waals surface area contributed by atoms with Gasteiger partial charge in [0.15, 0.2) is 17.3 Å². The van der Waals surface area contributed by atoms with Crippen LogP contribution in [0.1, 0.15) is 0 Å². The molecule has 6 heteroatoms. The summed E-state index contributed by atoms with van der Waals surface area (Å²) in [6.07, 6.45) is 1.41. The molecule has 0 aliphatic rings. The minimum Gasteiger partial charge on any atom is -0.504 e. The Balaban J connectivity index is 2.63. The van der Waals surface area contributed by atoms with Crippen LogP contribution in [0.25, 0.3) is 11.1 Å². The number of ether oxygens (including phenoxy) is 1. The molecule has 2 rings (SSSR count). The Kier molecular flexibility index (Phi) is 2.40. The van der Waals surface area contributed by atoms with Gasteiger partial charge in [0, 0.05) is 11.1 Å². The maximum Gasteiger partial charge on any atom is 0.197 e. The van der Waals surface area contributed by atoms with Gasteiger partial charge in [0.05, 0.1) is 13.3 Å². The highest BCUT2D eigenvalue weighted by atomic mass is 19.1. The average Bonchev–Trinajstić information content (AvgIpc) is 2.66. The monoisotopic (exact) mass is 223 g/mol. The molecule has 4 N–H and O–H groups in total. The van der Waals surface area contributed by atoms with Crippen LogP contribution in [0.2, 0.25) is 0 Å². The van der Waals surface area contributed by atoms with Crippen molar-refractivity contribution in [2.45, 2.75) is 0 Å². The molecule has 0 unspecified atom stereocenters. The summed E-state index contributed by atoms with van der Waals surface area (Å²) in [5.41, 5.74) is 6.23. The highest BCUT2D eigenvalue weighted by Gasteiger charge is 2.17. The van der Waals surface area contributed by atoms with Gasteiger partial charge in [-0.05, 0) is 12.1 Å². The lowest BCUT2D eigenvalue weighted by Crippen LogP contribution is -1.94. The minimum absolute atomic E-state index is 0.210. The summed E-state index contributed by atoms with van der Waals surface area (Å²) >= 11 is 0. The number of benzene rings is 1. The number of hydrogen-bond donors (Lipinski definition) is 3. The number of anilines is 1. The number of aromatic nitrogens is 2. The molecule has 2 aromatic rings. The molecule has 0 aliphatic carbocycles. The van der Waals surface area contributed by atoms with E-state index in [-0.39, 0.29) is 22.9 Å². The molecular weight excluding hydrogens is 213 g/mol. The Morgan fingerprint density at radius 3 is 2.75 bits per heavy atom. The Bertz CT molecular complexity index is 525. The van der Waals surface area contributed by atoms with E-state index in [9.17, 15) is 9.50 Å². The molecule has 0 saturated carbocycles. The van der Waals surface area contributed by atoms with Gasteiger partial charge in [0.1, 0.15) is 5.82 Å². The van der Waals surface area contributed by atoms with Crippen LogP contribution in [0.5, 0.6) is 11.5 Å². The van der Waals surface area contributed by atoms with E-state index in [1.165, 1.54) is 25.4 Å². The average molecular weight is 223 g/mol. The highest BCUT2D eigenvalue weighted by molar-refractivity contribution is 5.75. The van der Waals surface area contributed by atoms with Crippen molar-refractivity contribution < 1.29 is 14.2 Å².